The van der Waals surface area contributed by atoms with Crippen LogP contribution in [0.4, 0.5) is 9.18 Å². The average molecular weight is 423 g/mol. The Hall–Kier alpha value is -2.02. The molecular weight excluding hydrogens is 399 g/mol. The number of hydrogen-bond donors (Lipinski definition) is 1. The zero-order valence-corrected chi connectivity index (χ0v) is 16.8. The molecule has 1 aromatic rings. The summed E-state index contributed by atoms with van der Waals surface area (Å²) in [4.78, 5) is 26.0. The number of hydrogen-bond acceptors (Lipinski definition) is 4. The number of benzene rings is 1. The summed E-state index contributed by atoms with van der Waals surface area (Å²) in [7, 11) is 0. The number of alkyl carbamates (subject to hydrolysis) is 1. The summed E-state index contributed by atoms with van der Waals surface area (Å²) < 4.78 is 24.1. The maximum absolute atomic E-state index is 13.2. The molecule has 156 valence electrons. The van der Waals surface area contributed by atoms with Gasteiger partial charge in [0.15, 0.2) is 0 Å². The first-order valence-electron chi connectivity index (χ1n) is 10.2. The smallest absolute Gasteiger partial charge is 0.407 e. The number of cyclic esters (lactones) is 1. The lowest BCUT2D eigenvalue weighted by atomic mass is 9.61. The molecule has 2 saturated carbocycles. The maximum atomic E-state index is 13.2. The van der Waals surface area contributed by atoms with Gasteiger partial charge in [0.2, 0.25) is 5.91 Å². The van der Waals surface area contributed by atoms with Crippen LogP contribution in [0.3, 0.4) is 0 Å². The highest BCUT2D eigenvalue weighted by Crippen LogP contribution is 2.51. The number of nitrogens with zero attached hydrogens (tertiary/aromatic N) is 1. The third kappa shape index (κ3) is 3.43. The molecule has 0 radical (unpaired) electrons. The van der Waals surface area contributed by atoms with Crippen molar-refractivity contribution in [3.8, 4) is 5.75 Å². The van der Waals surface area contributed by atoms with Gasteiger partial charge in [0.25, 0.3) is 0 Å². The minimum atomic E-state index is -0.375. The number of piperidine rings is 1. The zero-order chi connectivity index (χ0) is 20.2. The number of nitrogens with one attached hydrogen (secondary N) is 1. The maximum Gasteiger partial charge on any atom is 0.407 e. The van der Waals surface area contributed by atoms with Gasteiger partial charge in [0.05, 0.1) is 16.7 Å². The van der Waals surface area contributed by atoms with Crippen LogP contribution >= 0.6 is 11.6 Å². The molecule has 0 bridgehead atoms. The van der Waals surface area contributed by atoms with E-state index in [1.807, 2.05) is 4.90 Å². The number of ether oxygens (including phenoxy) is 2. The summed E-state index contributed by atoms with van der Waals surface area (Å²) in [5.74, 6) is 0.355. The van der Waals surface area contributed by atoms with Crippen molar-refractivity contribution in [1.82, 2.24) is 10.2 Å². The highest BCUT2D eigenvalue weighted by molar-refractivity contribution is 6.32. The molecule has 1 N–H and O–H groups in total. The van der Waals surface area contributed by atoms with E-state index in [-0.39, 0.29) is 40.8 Å². The van der Waals surface area contributed by atoms with Crippen molar-refractivity contribution >= 4 is 23.6 Å². The van der Waals surface area contributed by atoms with Crippen LogP contribution in [-0.2, 0) is 9.53 Å². The molecule has 2 aliphatic carbocycles. The second-order valence-corrected chi connectivity index (χ2v) is 9.54. The van der Waals surface area contributed by atoms with Crippen LogP contribution in [0.2, 0.25) is 5.02 Å². The van der Waals surface area contributed by atoms with Crippen LogP contribution in [-0.4, -0.2) is 48.2 Å². The van der Waals surface area contributed by atoms with Crippen molar-refractivity contribution in [3.05, 3.63) is 29.0 Å². The summed E-state index contributed by atoms with van der Waals surface area (Å²) in [6, 6.07) is 4.20. The van der Waals surface area contributed by atoms with Gasteiger partial charge in [-0.15, -0.1) is 0 Å². The van der Waals surface area contributed by atoms with E-state index in [0.29, 0.717) is 30.2 Å². The van der Waals surface area contributed by atoms with Crippen molar-refractivity contribution in [1.29, 1.82) is 0 Å². The quantitative estimate of drug-likeness (QED) is 0.809. The first-order chi connectivity index (χ1) is 13.9. The molecule has 4 aliphatic rings. The SMILES string of the molecule is O=C1NC2(CO1)CC(C(=O)N1CCC3(CC1)CC(Oc1ccc(F)cc1Cl)C3)C2. The Morgan fingerprint density at radius 1 is 1.24 bits per heavy atom. The second kappa shape index (κ2) is 6.76. The molecule has 2 saturated heterocycles. The number of rotatable bonds is 3. The summed E-state index contributed by atoms with van der Waals surface area (Å²) in [6.07, 6.45) is 4.91. The van der Waals surface area contributed by atoms with Crippen LogP contribution in [0.15, 0.2) is 18.2 Å². The fourth-order valence-electron chi connectivity index (χ4n) is 5.38. The normalized spacial score (nSPS) is 25.3. The third-order valence-corrected chi connectivity index (χ3v) is 7.41. The van der Waals surface area contributed by atoms with Gasteiger partial charge in [-0.25, -0.2) is 9.18 Å². The Morgan fingerprint density at radius 3 is 2.59 bits per heavy atom. The van der Waals surface area contributed by atoms with Gasteiger partial charge in [0, 0.05) is 19.0 Å². The molecule has 0 unspecified atom stereocenters. The number of halogens is 2. The molecule has 8 heteroatoms. The molecule has 5 rings (SSSR count). The number of carbonyl (C=O) groups is 2. The lowest BCUT2D eigenvalue weighted by Crippen LogP contribution is -2.59. The van der Waals surface area contributed by atoms with E-state index in [9.17, 15) is 14.0 Å². The van der Waals surface area contributed by atoms with Gasteiger partial charge in [-0.3, -0.25) is 4.79 Å². The fourth-order valence-corrected chi connectivity index (χ4v) is 5.59. The van der Waals surface area contributed by atoms with Crippen LogP contribution in [0.1, 0.15) is 38.5 Å². The van der Waals surface area contributed by atoms with Crippen molar-refractivity contribution in [2.24, 2.45) is 11.3 Å². The van der Waals surface area contributed by atoms with Crippen LogP contribution < -0.4 is 10.1 Å². The molecule has 2 heterocycles. The van der Waals surface area contributed by atoms with E-state index in [2.05, 4.69) is 5.32 Å². The lowest BCUT2D eigenvalue weighted by molar-refractivity contribution is -0.146. The van der Waals surface area contributed by atoms with Crippen LogP contribution in [0.25, 0.3) is 0 Å². The standard InChI is InChI=1S/C21H24ClFN2O4/c22-16-7-14(23)1-2-17(16)29-15-10-20(11-15)3-5-25(6-4-20)18(26)13-8-21(9-13)12-28-19(27)24-21/h1-2,7,13,15H,3-6,8-12H2,(H,24,27). The molecular formula is C21H24ClFN2O4. The van der Waals surface area contributed by atoms with Gasteiger partial charge in [-0.05, 0) is 62.1 Å². The molecule has 0 atom stereocenters. The Kier molecular flexibility index (Phi) is 4.42. The molecule has 1 aromatic carbocycles. The van der Waals surface area contributed by atoms with Gasteiger partial charge in [-0.1, -0.05) is 11.6 Å². The topological polar surface area (TPSA) is 67.9 Å². The van der Waals surface area contributed by atoms with Crippen LogP contribution in [0.5, 0.6) is 5.75 Å². The predicted octanol–water partition coefficient (Wildman–Crippen LogP) is 3.52. The van der Waals surface area contributed by atoms with Crippen molar-refractivity contribution in [3.63, 3.8) is 0 Å². The van der Waals surface area contributed by atoms with Crippen molar-refractivity contribution in [2.45, 2.75) is 50.2 Å². The Balaban J connectivity index is 1.08. The first kappa shape index (κ1) is 19.0. The van der Waals surface area contributed by atoms with Crippen molar-refractivity contribution in [2.75, 3.05) is 19.7 Å². The van der Waals surface area contributed by atoms with E-state index in [1.165, 1.54) is 12.1 Å². The minimum Gasteiger partial charge on any atom is -0.489 e. The highest BCUT2D eigenvalue weighted by Gasteiger charge is 2.54. The minimum absolute atomic E-state index is 0.0101. The average Bonchev–Trinajstić information content (AvgIpc) is 3.03. The van der Waals surface area contributed by atoms with E-state index < -0.39 is 0 Å². The van der Waals surface area contributed by atoms with E-state index in [0.717, 1.165) is 38.8 Å². The second-order valence-electron chi connectivity index (χ2n) is 9.13. The van der Waals surface area contributed by atoms with E-state index >= 15 is 0 Å². The largest absolute Gasteiger partial charge is 0.489 e. The Morgan fingerprint density at radius 2 is 1.97 bits per heavy atom. The molecule has 2 spiro atoms. The molecule has 4 fully saturated rings. The number of amides is 2. The van der Waals surface area contributed by atoms with Crippen molar-refractivity contribution < 1.29 is 23.5 Å². The molecule has 6 nitrogen and oxygen atoms in total. The van der Waals surface area contributed by atoms with Crippen LogP contribution in [0, 0.1) is 17.2 Å². The first-order valence-corrected chi connectivity index (χ1v) is 10.6. The van der Waals surface area contributed by atoms with Gasteiger partial charge in [-0.2, -0.15) is 0 Å². The highest BCUT2D eigenvalue weighted by atomic mass is 35.5. The molecule has 29 heavy (non-hydrogen) atoms. The molecule has 2 amide bonds. The summed E-state index contributed by atoms with van der Waals surface area (Å²) in [5.41, 5.74) is -0.0728. The fraction of sp³-hybridized carbons (Fsp3) is 0.619. The summed E-state index contributed by atoms with van der Waals surface area (Å²) in [5, 5.41) is 3.14. The summed E-state index contributed by atoms with van der Waals surface area (Å²) in [6.45, 7) is 1.92. The Bertz CT molecular complexity index is 841. The monoisotopic (exact) mass is 422 g/mol. The third-order valence-electron chi connectivity index (χ3n) is 7.12. The van der Waals surface area contributed by atoms with Gasteiger partial charge in [0.1, 0.15) is 18.2 Å². The van der Waals surface area contributed by atoms with E-state index in [4.69, 9.17) is 21.1 Å². The number of likely N-dealkylation sites (tertiary alicyclic amines) is 1. The van der Waals surface area contributed by atoms with Gasteiger partial charge >= 0.3 is 6.09 Å². The molecule has 2 aliphatic heterocycles. The Labute approximate surface area is 173 Å². The summed E-state index contributed by atoms with van der Waals surface area (Å²) >= 11 is 6.05. The lowest BCUT2D eigenvalue weighted by Gasteiger charge is -2.52. The van der Waals surface area contributed by atoms with E-state index in [1.54, 1.807) is 6.07 Å². The number of carbonyl (C=O) groups excluding carboxylic acids is 2. The molecule has 0 aromatic heterocycles. The predicted molar refractivity (Wildman–Crippen MR) is 103 cm³/mol. The van der Waals surface area contributed by atoms with Gasteiger partial charge < -0.3 is 19.7 Å². The zero-order valence-electron chi connectivity index (χ0n) is 16.1.